The van der Waals surface area contributed by atoms with Gasteiger partial charge in [-0.15, -0.1) is 0 Å². The van der Waals surface area contributed by atoms with Crippen molar-refractivity contribution in [3.8, 4) is 11.1 Å². The van der Waals surface area contributed by atoms with E-state index in [-0.39, 0.29) is 11.3 Å². The predicted octanol–water partition coefficient (Wildman–Crippen LogP) is 4.65. The molecule has 0 radical (unpaired) electrons. The summed E-state index contributed by atoms with van der Waals surface area (Å²) in [5.74, 6) is -0.765. The Morgan fingerprint density at radius 2 is 1.84 bits per heavy atom. The number of amides is 2. The number of aromatic nitrogens is 1. The molecule has 1 aromatic heterocycles. The van der Waals surface area contributed by atoms with Crippen molar-refractivity contribution in [1.29, 1.82) is 5.41 Å². The largest absolute Gasteiger partial charge is 0.364 e. The minimum atomic E-state index is -0.492. The number of nitrogens with zero attached hydrogens (tertiary/aromatic N) is 1. The number of hydrogen-bond acceptors (Lipinski definition) is 3. The van der Waals surface area contributed by atoms with Crippen molar-refractivity contribution in [3.63, 3.8) is 0 Å². The van der Waals surface area contributed by atoms with Gasteiger partial charge in [0.25, 0.3) is 11.8 Å². The van der Waals surface area contributed by atoms with Crippen LogP contribution in [0.25, 0.3) is 11.1 Å². The summed E-state index contributed by atoms with van der Waals surface area (Å²) in [6.07, 6.45) is 3.05. The van der Waals surface area contributed by atoms with Crippen LogP contribution >= 0.6 is 0 Å². The van der Waals surface area contributed by atoms with E-state index in [1.807, 2.05) is 43.5 Å². The lowest BCUT2D eigenvalue weighted by Gasteiger charge is -2.20. The molecule has 6 nitrogen and oxygen atoms in total. The average molecular weight is 417 g/mol. The van der Waals surface area contributed by atoms with Gasteiger partial charge in [0.2, 0.25) is 0 Å². The molecule has 0 aliphatic carbocycles. The minimum Gasteiger partial charge on any atom is -0.364 e. The molecule has 3 aromatic rings. The molecular formula is C25H28N4O2. The Bertz CT molecular complexity index is 1180. The van der Waals surface area contributed by atoms with Gasteiger partial charge in [0.15, 0.2) is 0 Å². The molecular weight excluding hydrogens is 388 g/mol. The highest BCUT2D eigenvalue weighted by molar-refractivity contribution is 6.09. The van der Waals surface area contributed by atoms with E-state index >= 15 is 0 Å². The second kappa shape index (κ2) is 8.22. The van der Waals surface area contributed by atoms with Gasteiger partial charge in [0.05, 0.1) is 0 Å². The third kappa shape index (κ3) is 4.43. The van der Waals surface area contributed by atoms with Gasteiger partial charge in [-0.2, -0.15) is 0 Å². The second-order valence-corrected chi connectivity index (χ2v) is 8.72. The van der Waals surface area contributed by atoms with Crippen molar-refractivity contribution in [2.75, 3.05) is 5.32 Å². The molecule has 0 aliphatic rings. The summed E-state index contributed by atoms with van der Waals surface area (Å²) < 4.78 is 1.69. The molecule has 0 atom stereocenters. The molecule has 0 bridgehead atoms. The van der Waals surface area contributed by atoms with Gasteiger partial charge < -0.3 is 21.0 Å². The second-order valence-electron chi connectivity index (χ2n) is 8.72. The zero-order valence-electron chi connectivity index (χ0n) is 18.5. The number of anilines is 1. The van der Waals surface area contributed by atoms with E-state index in [0.29, 0.717) is 22.5 Å². The highest BCUT2D eigenvalue weighted by Gasteiger charge is 2.19. The SMILES string of the molecule is Cc1c(NC(=O)c2ccc(C(C)(C)C)cc2C=N)cccc1-c1cc(C(N)=O)n(C)c1. The van der Waals surface area contributed by atoms with Gasteiger partial charge >= 0.3 is 0 Å². The molecule has 2 amide bonds. The Morgan fingerprint density at radius 3 is 2.42 bits per heavy atom. The topological polar surface area (TPSA) is 101 Å². The van der Waals surface area contributed by atoms with Gasteiger partial charge in [0.1, 0.15) is 5.69 Å². The van der Waals surface area contributed by atoms with Crippen LogP contribution in [0.15, 0.2) is 48.7 Å². The fourth-order valence-corrected chi connectivity index (χ4v) is 3.59. The molecule has 3 rings (SSSR count). The van der Waals surface area contributed by atoms with E-state index in [4.69, 9.17) is 11.1 Å². The summed E-state index contributed by atoms with van der Waals surface area (Å²) in [6, 6.07) is 13.0. The summed E-state index contributed by atoms with van der Waals surface area (Å²) in [5, 5.41) is 10.7. The van der Waals surface area contributed by atoms with E-state index in [1.165, 1.54) is 6.21 Å². The van der Waals surface area contributed by atoms with Gasteiger partial charge in [-0.1, -0.05) is 39.0 Å². The lowest BCUT2D eigenvalue weighted by molar-refractivity contribution is 0.0990. The standard InChI is InChI=1S/C25H28N4O2/c1-15-19(17-12-22(23(27)30)29(5)14-17)7-6-8-21(15)28-24(31)20-10-9-18(25(2,3)4)11-16(20)13-26/h6-14,26H,1-5H3,(H2,27,30)(H,28,31). The summed E-state index contributed by atoms with van der Waals surface area (Å²) in [5.41, 5.74) is 11.2. The van der Waals surface area contributed by atoms with E-state index in [0.717, 1.165) is 22.3 Å². The highest BCUT2D eigenvalue weighted by Crippen LogP contribution is 2.30. The first-order valence-electron chi connectivity index (χ1n) is 10.1. The number of rotatable bonds is 5. The number of carbonyl (C=O) groups excluding carboxylic acids is 2. The lowest BCUT2D eigenvalue weighted by Crippen LogP contribution is -2.17. The normalized spacial score (nSPS) is 11.3. The average Bonchev–Trinajstić information content (AvgIpc) is 3.10. The number of aryl methyl sites for hydroxylation is 1. The van der Waals surface area contributed by atoms with Crippen molar-refractivity contribution in [1.82, 2.24) is 4.57 Å². The molecule has 2 aromatic carbocycles. The quantitative estimate of drug-likeness (QED) is 0.527. The lowest BCUT2D eigenvalue weighted by atomic mass is 9.85. The Balaban J connectivity index is 1.95. The fraction of sp³-hybridized carbons (Fsp3) is 0.240. The molecule has 0 saturated carbocycles. The third-order valence-electron chi connectivity index (χ3n) is 5.47. The van der Waals surface area contributed by atoms with Crippen LogP contribution < -0.4 is 11.1 Å². The number of primary amides is 1. The maximum absolute atomic E-state index is 13.0. The summed E-state index contributed by atoms with van der Waals surface area (Å²) in [7, 11) is 1.77. The highest BCUT2D eigenvalue weighted by atomic mass is 16.2. The number of hydrogen-bond donors (Lipinski definition) is 3. The fourth-order valence-electron chi connectivity index (χ4n) is 3.59. The Kier molecular flexibility index (Phi) is 5.84. The molecule has 0 fully saturated rings. The van der Waals surface area contributed by atoms with Gasteiger partial charge in [-0.3, -0.25) is 9.59 Å². The first-order chi connectivity index (χ1) is 14.5. The Morgan fingerprint density at radius 1 is 1.13 bits per heavy atom. The molecule has 0 saturated heterocycles. The maximum atomic E-state index is 13.0. The zero-order valence-corrected chi connectivity index (χ0v) is 18.5. The molecule has 4 N–H and O–H groups in total. The number of benzene rings is 2. The summed E-state index contributed by atoms with van der Waals surface area (Å²) >= 11 is 0. The monoisotopic (exact) mass is 416 g/mol. The van der Waals surface area contributed by atoms with E-state index < -0.39 is 5.91 Å². The zero-order chi connectivity index (χ0) is 22.9. The van der Waals surface area contributed by atoms with Crippen LogP contribution in [0.5, 0.6) is 0 Å². The maximum Gasteiger partial charge on any atom is 0.265 e. The van der Waals surface area contributed by atoms with Crippen molar-refractivity contribution in [3.05, 3.63) is 76.6 Å². The van der Waals surface area contributed by atoms with E-state index in [2.05, 4.69) is 26.1 Å². The molecule has 0 spiro atoms. The number of carbonyl (C=O) groups is 2. The summed E-state index contributed by atoms with van der Waals surface area (Å²) in [4.78, 5) is 24.6. The van der Waals surface area contributed by atoms with Crippen LogP contribution in [0, 0.1) is 12.3 Å². The third-order valence-corrected chi connectivity index (χ3v) is 5.47. The Hall–Kier alpha value is -3.67. The first kappa shape index (κ1) is 22.0. The minimum absolute atomic E-state index is 0.0723. The van der Waals surface area contributed by atoms with E-state index in [1.54, 1.807) is 23.7 Å². The van der Waals surface area contributed by atoms with Crippen LogP contribution in [0.1, 0.15) is 58.3 Å². The summed E-state index contributed by atoms with van der Waals surface area (Å²) in [6.45, 7) is 8.20. The molecule has 1 heterocycles. The van der Waals surface area contributed by atoms with Crippen molar-refractivity contribution in [2.24, 2.45) is 12.8 Å². The smallest absolute Gasteiger partial charge is 0.265 e. The van der Waals surface area contributed by atoms with Crippen LogP contribution in [-0.2, 0) is 12.5 Å². The van der Waals surface area contributed by atoms with E-state index in [9.17, 15) is 9.59 Å². The van der Waals surface area contributed by atoms with Crippen molar-refractivity contribution in [2.45, 2.75) is 33.1 Å². The number of nitrogens with one attached hydrogen (secondary N) is 2. The predicted molar refractivity (Wildman–Crippen MR) is 125 cm³/mol. The molecule has 0 aliphatic heterocycles. The van der Waals surface area contributed by atoms with Crippen LogP contribution in [0.4, 0.5) is 5.69 Å². The van der Waals surface area contributed by atoms with Crippen molar-refractivity contribution >= 4 is 23.7 Å². The Labute approximate surface area is 182 Å². The molecule has 31 heavy (non-hydrogen) atoms. The first-order valence-corrected chi connectivity index (χ1v) is 10.1. The van der Waals surface area contributed by atoms with Gasteiger partial charge in [-0.25, -0.2) is 0 Å². The molecule has 6 heteroatoms. The van der Waals surface area contributed by atoms with Crippen molar-refractivity contribution < 1.29 is 9.59 Å². The van der Waals surface area contributed by atoms with Crippen LogP contribution in [0.2, 0.25) is 0 Å². The number of nitrogens with two attached hydrogens (primary N) is 1. The van der Waals surface area contributed by atoms with Crippen LogP contribution in [0.3, 0.4) is 0 Å². The molecule has 160 valence electrons. The van der Waals surface area contributed by atoms with Gasteiger partial charge in [0, 0.05) is 41.8 Å². The van der Waals surface area contributed by atoms with Gasteiger partial charge in [-0.05, 0) is 53.3 Å². The van der Waals surface area contributed by atoms with Crippen LogP contribution in [-0.4, -0.2) is 22.6 Å². The molecule has 0 unspecified atom stereocenters.